The van der Waals surface area contributed by atoms with Crippen LogP contribution in [-0.4, -0.2) is 25.7 Å². The summed E-state index contributed by atoms with van der Waals surface area (Å²) in [5, 5.41) is 2.92. The first kappa shape index (κ1) is 11.4. The smallest absolute Gasteiger partial charge is 0.216 e. The summed E-state index contributed by atoms with van der Waals surface area (Å²) in [4.78, 5) is 11.0. The van der Waals surface area contributed by atoms with Gasteiger partial charge in [0.2, 0.25) is 5.91 Å². The Morgan fingerprint density at radius 1 is 1.28 bits per heavy atom. The van der Waals surface area contributed by atoms with E-state index in [-0.39, 0.29) is 11.3 Å². The third-order valence-corrected chi connectivity index (χ3v) is 3.68. The molecular weight excluding hydrogens is 230 g/mol. The predicted octanol–water partition coefficient (Wildman–Crippen LogP) is 1.63. The van der Waals surface area contributed by atoms with E-state index in [1.807, 2.05) is 6.07 Å². The van der Waals surface area contributed by atoms with E-state index in [4.69, 9.17) is 9.47 Å². The zero-order chi connectivity index (χ0) is 12.6. The molecule has 18 heavy (non-hydrogen) atoms. The van der Waals surface area contributed by atoms with Crippen LogP contribution in [0.5, 0.6) is 11.5 Å². The maximum Gasteiger partial charge on any atom is 0.216 e. The minimum Gasteiger partial charge on any atom is -0.486 e. The van der Waals surface area contributed by atoms with Crippen molar-refractivity contribution in [2.75, 3.05) is 19.8 Å². The van der Waals surface area contributed by atoms with Crippen molar-refractivity contribution >= 4 is 5.91 Å². The van der Waals surface area contributed by atoms with E-state index >= 15 is 0 Å². The standard InChI is InChI=1S/C14H17NO3/c1-10(16)15-9-14(4-5-14)11-2-3-12-13(8-11)18-7-6-17-12/h2-3,8H,4-7,9H2,1H3,(H,15,16). The summed E-state index contributed by atoms with van der Waals surface area (Å²) in [6.45, 7) is 3.49. The number of benzene rings is 1. The second kappa shape index (κ2) is 4.19. The Kier molecular flexibility index (Phi) is 2.65. The molecule has 96 valence electrons. The van der Waals surface area contributed by atoms with Crippen molar-refractivity contribution in [2.24, 2.45) is 0 Å². The zero-order valence-electron chi connectivity index (χ0n) is 10.5. The van der Waals surface area contributed by atoms with Gasteiger partial charge >= 0.3 is 0 Å². The predicted molar refractivity (Wildman–Crippen MR) is 67.0 cm³/mol. The van der Waals surface area contributed by atoms with Crippen molar-refractivity contribution in [1.29, 1.82) is 0 Å². The average Bonchev–Trinajstić information content (AvgIpc) is 3.17. The summed E-state index contributed by atoms with van der Waals surface area (Å²) in [6.07, 6.45) is 2.24. The molecule has 3 rings (SSSR count). The fourth-order valence-corrected chi connectivity index (χ4v) is 2.39. The lowest BCUT2D eigenvalue weighted by Crippen LogP contribution is -2.30. The van der Waals surface area contributed by atoms with E-state index in [1.165, 1.54) is 5.56 Å². The Balaban J connectivity index is 1.81. The highest BCUT2D eigenvalue weighted by atomic mass is 16.6. The molecule has 0 bridgehead atoms. The molecule has 1 saturated carbocycles. The lowest BCUT2D eigenvalue weighted by atomic mass is 9.95. The minimum atomic E-state index is 0.0267. The van der Waals surface area contributed by atoms with E-state index in [0.717, 1.165) is 24.3 Å². The average molecular weight is 247 g/mol. The van der Waals surface area contributed by atoms with Gasteiger partial charge in [0.05, 0.1) is 0 Å². The lowest BCUT2D eigenvalue weighted by Gasteiger charge is -2.22. The van der Waals surface area contributed by atoms with Gasteiger partial charge in [0.15, 0.2) is 11.5 Å². The molecule has 1 heterocycles. The number of carbonyl (C=O) groups excluding carboxylic acids is 1. The maximum absolute atomic E-state index is 11.0. The molecule has 4 heteroatoms. The Morgan fingerprint density at radius 2 is 2.00 bits per heavy atom. The molecule has 0 radical (unpaired) electrons. The fraction of sp³-hybridized carbons (Fsp3) is 0.500. The third-order valence-electron chi connectivity index (χ3n) is 3.68. The maximum atomic E-state index is 11.0. The van der Waals surface area contributed by atoms with Gasteiger partial charge in [-0.1, -0.05) is 6.07 Å². The van der Waals surface area contributed by atoms with Crippen LogP contribution in [0.1, 0.15) is 25.3 Å². The van der Waals surface area contributed by atoms with Gasteiger partial charge in [0.1, 0.15) is 13.2 Å². The summed E-state index contributed by atoms with van der Waals surface area (Å²) in [5.74, 6) is 1.67. The van der Waals surface area contributed by atoms with Crippen LogP contribution in [0.4, 0.5) is 0 Å². The van der Waals surface area contributed by atoms with E-state index in [1.54, 1.807) is 6.92 Å². The quantitative estimate of drug-likeness (QED) is 0.883. The summed E-state index contributed by atoms with van der Waals surface area (Å²) in [6, 6.07) is 6.11. The van der Waals surface area contributed by atoms with Gasteiger partial charge in [-0.05, 0) is 30.5 Å². The summed E-state index contributed by atoms with van der Waals surface area (Å²) in [7, 11) is 0. The van der Waals surface area contributed by atoms with Crippen LogP contribution in [0, 0.1) is 0 Å². The number of hydrogen-bond acceptors (Lipinski definition) is 3. The molecule has 0 spiro atoms. The van der Waals surface area contributed by atoms with Crippen molar-refractivity contribution in [3.8, 4) is 11.5 Å². The molecule has 1 amide bonds. The highest BCUT2D eigenvalue weighted by Gasteiger charge is 2.44. The second-order valence-corrected chi connectivity index (χ2v) is 5.05. The SMILES string of the molecule is CC(=O)NCC1(c2ccc3c(c2)OCCO3)CC1. The molecule has 4 nitrogen and oxygen atoms in total. The molecule has 1 aromatic carbocycles. The minimum absolute atomic E-state index is 0.0267. The molecule has 0 atom stereocenters. The van der Waals surface area contributed by atoms with Crippen molar-refractivity contribution < 1.29 is 14.3 Å². The molecule has 1 N–H and O–H groups in total. The molecule has 1 aliphatic carbocycles. The highest BCUT2D eigenvalue weighted by molar-refractivity contribution is 5.73. The van der Waals surface area contributed by atoms with Gasteiger partial charge in [-0.3, -0.25) is 4.79 Å². The third kappa shape index (κ3) is 2.03. The van der Waals surface area contributed by atoms with E-state index in [0.29, 0.717) is 19.8 Å². The number of hydrogen-bond donors (Lipinski definition) is 1. The van der Waals surface area contributed by atoms with Gasteiger partial charge in [-0.25, -0.2) is 0 Å². The number of nitrogens with one attached hydrogen (secondary N) is 1. The van der Waals surface area contributed by atoms with E-state index in [9.17, 15) is 4.79 Å². The van der Waals surface area contributed by atoms with Crippen LogP contribution < -0.4 is 14.8 Å². The largest absolute Gasteiger partial charge is 0.486 e. The molecule has 2 aliphatic rings. The van der Waals surface area contributed by atoms with Crippen LogP contribution >= 0.6 is 0 Å². The van der Waals surface area contributed by atoms with Gasteiger partial charge < -0.3 is 14.8 Å². The molecule has 1 fully saturated rings. The Morgan fingerprint density at radius 3 is 2.67 bits per heavy atom. The molecular formula is C14H17NO3. The molecule has 0 unspecified atom stereocenters. The van der Waals surface area contributed by atoms with Crippen molar-refractivity contribution in [2.45, 2.75) is 25.2 Å². The topological polar surface area (TPSA) is 47.6 Å². The molecule has 0 saturated heterocycles. The van der Waals surface area contributed by atoms with Crippen LogP contribution in [0.25, 0.3) is 0 Å². The number of amides is 1. The number of ether oxygens (including phenoxy) is 2. The first-order chi connectivity index (χ1) is 8.70. The normalized spacial score (nSPS) is 19.2. The van der Waals surface area contributed by atoms with Crippen LogP contribution in [-0.2, 0) is 10.2 Å². The summed E-state index contributed by atoms with van der Waals surface area (Å²) >= 11 is 0. The number of fused-ring (bicyclic) bond motifs is 1. The van der Waals surface area contributed by atoms with Gasteiger partial charge in [0.25, 0.3) is 0 Å². The number of carbonyl (C=O) groups is 1. The second-order valence-electron chi connectivity index (χ2n) is 5.05. The van der Waals surface area contributed by atoms with E-state index < -0.39 is 0 Å². The first-order valence-electron chi connectivity index (χ1n) is 6.34. The van der Waals surface area contributed by atoms with Crippen LogP contribution in [0.15, 0.2) is 18.2 Å². The van der Waals surface area contributed by atoms with Crippen molar-refractivity contribution in [3.63, 3.8) is 0 Å². The van der Waals surface area contributed by atoms with Gasteiger partial charge in [-0.15, -0.1) is 0 Å². The van der Waals surface area contributed by atoms with Gasteiger partial charge in [0, 0.05) is 18.9 Å². The van der Waals surface area contributed by atoms with Crippen molar-refractivity contribution in [3.05, 3.63) is 23.8 Å². The Bertz CT molecular complexity index is 480. The Hall–Kier alpha value is -1.71. The molecule has 1 aliphatic heterocycles. The zero-order valence-corrected chi connectivity index (χ0v) is 10.5. The first-order valence-corrected chi connectivity index (χ1v) is 6.34. The fourth-order valence-electron chi connectivity index (χ4n) is 2.39. The van der Waals surface area contributed by atoms with Crippen LogP contribution in [0.3, 0.4) is 0 Å². The van der Waals surface area contributed by atoms with Crippen LogP contribution in [0.2, 0.25) is 0 Å². The summed E-state index contributed by atoms with van der Waals surface area (Å²) < 4.78 is 11.1. The lowest BCUT2D eigenvalue weighted by molar-refractivity contribution is -0.119. The highest BCUT2D eigenvalue weighted by Crippen LogP contribution is 2.49. The summed E-state index contributed by atoms with van der Waals surface area (Å²) in [5.41, 5.74) is 1.35. The Labute approximate surface area is 106 Å². The molecule has 0 aromatic heterocycles. The van der Waals surface area contributed by atoms with Gasteiger partial charge in [-0.2, -0.15) is 0 Å². The molecule has 1 aromatic rings. The van der Waals surface area contributed by atoms with E-state index in [2.05, 4.69) is 17.4 Å². The van der Waals surface area contributed by atoms with Crippen molar-refractivity contribution in [1.82, 2.24) is 5.32 Å². The monoisotopic (exact) mass is 247 g/mol. The number of rotatable bonds is 3.